The Kier molecular flexibility index (Phi) is 7.65. The van der Waals surface area contributed by atoms with Crippen molar-refractivity contribution in [2.45, 2.75) is 32.6 Å². The van der Waals surface area contributed by atoms with Crippen molar-refractivity contribution in [1.29, 1.82) is 0 Å². The average Bonchev–Trinajstić information content (AvgIpc) is 2.57. The van der Waals surface area contributed by atoms with E-state index >= 15 is 0 Å². The Morgan fingerprint density at radius 2 is 2.12 bits per heavy atom. The number of unbranched alkanes of at least 4 members (excludes halogenated alkanes) is 1. The highest BCUT2D eigenvalue weighted by molar-refractivity contribution is 6.39. The Morgan fingerprint density at radius 1 is 1.32 bits per heavy atom. The molecule has 1 atom stereocenters. The highest BCUT2D eigenvalue weighted by Gasteiger charge is 2.17. The predicted molar refractivity (Wildman–Crippen MR) is 97.1 cm³/mol. The van der Waals surface area contributed by atoms with Crippen molar-refractivity contribution in [3.63, 3.8) is 0 Å². The number of carbonyl (C=O) groups is 2. The van der Waals surface area contributed by atoms with Gasteiger partial charge in [-0.05, 0) is 62.9 Å². The summed E-state index contributed by atoms with van der Waals surface area (Å²) in [6.45, 7) is 6.00. The number of anilines is 1. The molecule has 0 aliphatic carbocycles. The third-order valence-electron chi connectivity index (χ3n) is 4.31. The summed E-state index contributed by atoms with van der Waals surface area (Å²) in [6.07, 6.45) is 4.33. The van der Waals surface area contributed by atoms with Gasteiger partial charge in [-0.2, -0.15) is 0 Å². The Labute approximate surface area is 152 Å². The summed E-state index contributed by atoms with van der Waals surface area (Å²) in [5.41, 5.74) is -0.0660. The van der Waals surface area contributed by atoms with Crippen molar-refractivity contribution in [3.8, 4) is 0 Å². The van der Waals surface area contributed by atoms with Gasteiger partial charge >= 0.3 is 11.8 Å². The van der Waals surface area contributed by atoms with Crippen LogP contribution in [0.25, 0.3) is 0 Å². The lowest BCUT2D eigenvalue weighted by Crippen LogP contribution is -2.37. The molecule has 2 N–H and O–H groups in total. The van der Waals surface area contributed by atoms with E-state index in [0.717, 1.165) is 44.5 Å². The van der Waals surface area contributed by atoms with Crippen LogP contribution in [0.5, 0.6) is 0 Å². The first-order chi connectivity index (χ1) is 12.0. The summed E-state index contributed by atoms with van der Waals surface area (Å²) in [6, 6.07) is 3.85. The molecule has 0 saturated carbocycles. The SMILES string of the molecule is CC1CCCN(CCCCNC(=O)C(=O)Nc2ccc(Cl)cc2F)C1. The lowest BCUT2D eigenvalue weighted by Gasteiger charge is -2.30. The van der Waals surface area contributed by atoms with Crippen LogP contribution in [0.15, 0.2) is 18.2 Å². The molecule has 0 spiro atoms. The van der Waals surface area contributed by atoms with E-state index in [9.17, 15) is 14.0 Å². The minimum Gasteiger partial charge on any atom is -0.348 e. The van der Waals surface area contributed by atoms with Gasteiger partial charge in [-0.3, -0.25) is 9.59 Å². The van der Waals surface area contributed by atoms with Crippen LogP contribution in [0.1, 0.15) is 32.6 Å². The predicted octanol–water partition coefficient (Wildman–Crippen LogP) is 3.05. The van der Waals surface area contributed by atoms with Crippen LogP contribution in [0.3, 0.4) is 0 Å². The van der Waals surface area contributed by atoms with Crippen molar-refractivity contribution in [2.75, 3.05) is 31.5 Å². The fourth-order valence-electron chi connectivity index (χ4n) is 3.00. The monoisotopic (exact) mass is 369 g/mol. The van der Waals surface area contributed by atoms with E-state index in [1.54, 1.807) is 0 Å². The first kappa shape index (κ1) is 19.7. The Morgan fingerprint density at radius 3 is 2.84 bits per heavy atom. The molecule has 1 heterocycles. The van der Waals surface area contributed by atoms with Gasteiger partial charge in [-0.1, -0.05) is 18.5 Å². The summed E-state index contributed by atoms with van der Waals surface area (Å²) in [7, 11) is 0. The van der Waals surface area contributed by atoms with Crippen LogP contribution in [0.4, 0.5) is 10.1 Å². The van der Waals surface area contributed by atoms with Crippen LogP contribution < -0.4 is 10.6 Å². The smallest absolute Gasteiger partial charge is 0.313 e. The number of nitrogens with zero attached hydrogens (tertiary/aromatic N) is 1. The molecule has 7 heteroatoms. The summed E-state index contributed by atoms with van der Waals surface area (Å²) in [4.78, 5) is 26.0. The molecule has 1 fully saturated rings. The first-order valence-corrected chi connectivity index (χ1v) is 9.10. The van der Waals surface area contributed by atoms with Crippen molar-refractivity contribution in [1.82, 2.24) is 10.2 Å². The quantitative estimate of drug-likeness (QED) is 0.598. The van der Waals surface area contributed by atoms with Crippen LogP contribution >= 0.6 is 11.6 Å². The van der Waals surface area contributed by atoms with E-state index in [1.807, 2.05) is 0 Å². The standard InChI is InChI=1S/C18H25ClFN3O2/c1-13-5-4-10-23(12-13)9-3-2-8-21-17(24)18(25)22-16-7-6-14(19)11-15(16)20/h6-7,11,13H,2-5,8-10,12H2,1H3,(H,21,24)(H,22,25). The van der Waals surface area contributed by atoms with Gasteiger partial charge in [0.2, 0.25) is 0 Å². The van der Waals surface area contributed by atoms with Gasteiger partial charge in [0.1, 0.15) is 5.82 Å². The first-order valence-electron chi connectivity index (χ1n) is 8.72. The second-order valence-corrected chi connectivity index (χ2v) is 7.03. The molecule has 0 aromatic heterocycles. The lowest BCUT2D eigenvalue weighted by atomic mass is 10.0. The fourth-order valence-corrected chi connectivity index (χ4v) is 3.16. The maximum atomic E-state index is 13.6. The molecule has 1 aliphatic rings. The maximum Gasteiger partial charge on any atom is 0.313 e. The second-order valence-electron chi connectivity index (χ2n) is 6.59. The summed E-state index contributed by atoms with van der Waals surface area (Å²) in [5.74, 6) is -1.57. The van der Waals surface area contributed by atoms with Crippen LogP contribution in [-0.2, 0) is 9.59 Å². The number of likely N-dealkylation sites (tertiary alicyclic amines) is 1. The number of carbonyl (C=O) groups excluding carboxylic acids is 2. The molecular formula is C18H25ClFN3O2. The topological polar surface area (TPSA) is 61.4 Å². The molecule has 1 unspecified atom stereocenters. The van der Waals surface area contributed by atoms with Gasteiger partial charge in [-0.25, -0.2) is 4.39 Å². The minimum atomic E-state index is -0.883. The Hall–Kier alpha value is -1.66. The zero-order valence-electron chi connectivity index (χ0n) is 14.5. The van der Waals surface area contributed by atoms with Crippen molar-refractivity contribution < 1.29 is 14.0 Å². The van der Waals surface area contributed by atoms with E-state index in [2.05, 4.69) is 22.5 Å². The van der Waals surface area contributed by atoms with Gasteiger partial charge in [0.15, 0.2) is 0 Å². The molecular weight excluding hydrogens is 345 g/mol. The van der Waals surface area contributed by atoms with Gasteiger partial charge in [0, 0.05) is 18.1 Å². The lowest BCUT2D eigenvalue weighted by molar-refractivity contribution is -0.136. The number of amides is 2. The largest absolute Gasteiger partial charge is 0.348 e. The van der Waals surface area contributed by atoms with Crippen molar-refractivity contribution in [3.05, 3.63) is 29.0 Å². The van der Waals surface area contributed by atoms with Crippen molar-refractivity contribution in [2.24, 2.45) is 5.92 Å². The van der Waals surface area contributed by atoms with E-state index in [0.29, 0.717) is 6.54 Å². The molecule has 1 aliphatic heterocycles. The Balaban J connectivity index is 1.63. The summed E-state index contributed by atoms with van der Waals surface area (Å²) >= 11 is 5.64. The summed E-state index contributed by atoms with van der Waals surface area (Å²) < 4.78 is 13.6. The van der Waals surface area contributed by atoms with Crippen molar-refractivity contribution >= 4 is 29.1 Å². The van der Waals surface area contributed by atoms with Crippen LogP contribution in [-0.4, -0.2) is 42.9 Å². The molecule has 0 radical (unpaired) electrons. The van der Waals surface area contributed by atoms with Crippen LogP contribution in [0.2, 0.25) is 5.02 Å². The fraction of sp³-hybridized carbons (Fsp3) is 0.556. The normalized spacial score (nSPS) is 18.0. The second kappa shape index (κ2) is 9.73. The average molecular weight is 370 g/mol. The third-order valence-corrected chi connectivity index (χ3v) is 4.55. The number of piperidine rings is 1. The third kappa shape index (κ3) is 6.63. The molecule has 1 aromatic carbocycles. The number of rotatable bonds is 6. The van der Waals surface area contributed by atoms with Gasteiger partial charge < -0.3 is 15.5 Å². The van der Waals surface area contributed by atoms with E-state index in [-0.39, 0.29) is 10.7 Å². The number of hydrogen-bond donors (Lipinski definition) is 2. The molecule has 2 rings (SSSR count). The van der Waals surface area contributed by atoms with E-state index in [1.165, 1.54) is 25.0 Å². The molecule has 1 saturated heterocycles. The van der Waals surface area contributed by atoms with Gasteiger partial charge in [0.05, 0.1) is 5.69 Å². The summed E-state index contributed by atoms with van der Waals surface area (Å²) in [5, 5.41) is 5.03. The highest BCUT2D eigenvalue weighted by Crippen LogP contribution is 2.18. The molecule has 25 heavy (non-hydrogen) atoms. The molecule has 2 amide bonds. The zero-order valence-corrected chi connectivity index (χ0v) is 15.2. The van der Waals surface area contributed by atoms with Gasteiger partial charge in [0.25, 0.3) is 0 Å². The zero-order chi connectivity index (χ0) is 18.2. The minimum absolute atomic E-state index is 0.0660. The van der Waals surface area contributed by atoms with E-state index in [4.69, 9.17) is 11.6 Å². The number of nitrogens with one attached hydrogen (secondary N) is 2. The highest BCUT2D eigenvalue weighted by atomic mass is 35.5. The number of hydrogen-bond acceptors (Lipinski definition) is 3. The maximum absolute atomic E-state index is 13.6. The molecule has 138 valence electrons. The number of benzene rings is 1. The molecule has 1 aromatic rings. The molecule has 5 nitrogen and oxygen atoms in total. The number of halogens is 2. The van der Waals surface area contributed by atoms with Gasteiger partial charge in [-0.15, -0.1) is 0 Å². The van der Waals surface area contributed by atoms with E-state index < -0.39 is 17.6 Å². The molecule has 0 bridgehead atoms. The van der Waals surface area contributed by atoms with Crippen LogP contribution in [0, 0.1) is 11.7 Å². The Bertz CT molecular complexity index is 612.